The van der Waals surface area contributed by atoms with Crippen molar-refractivity contribution in [3.8, 4) is 17.2 Å². The highest BCUT2D eigenvalue weighted by Crippen LogP contribution is 2.46. The third-order valence-electron chi connectivity index (χ3n) is 7.24. The molecule has 8 nitrogen and oxygen atoms in total. The number of aromatic amines is 1. The van der Waals surface area contributed by atoms with Crippen molar-refractivity contribution in [3.05, 3.63) is 83.6 Å². The van der Waals surface area contributed by atoms with Crippen LogP contribution in [-0.2, 0) is 11.2 Å². The van der Waals surface area contributed by atoms with E-state index < -0.39 is 12.1 Å². The van der Waals surface area contributed by atoms with E-state index in [1.54, 1.807) is 30.2 Å². The van der Waals surface area contributed by atoms with Crippen molar-refractivity contribution in [2.45, 2.75) is 18.5 Å². The molecule has 4 aromatic rings. The number of aromatic nitrogens is 1. The molecular formula is C28H23N3O5. The summed E-state index contributed by atoms with van der Waals surface area (Å²) in [5, 5.41) is 1.07. The van der Waals surface area contributed by atoms with Gasteiger partial charge in [0.25, 0.3) is 5.91 Å². The Balaban J connectivity index is 1.38. The van der Waals surface area contributed by atoms with Crippen molar-refractivity contribution in [1.82, 2.24) is 9.88 Å². The Morgan fingerprint density at radius 1 is 0.944 bits per heavy atom. The van der Waals surface area contributed by atoms with E-state index in [0.29, 0.717) is 42.6 Å². The van der Waals surface area contributed by atoms with Crippen LogP contribution in [0.25, 0.3) is 10.9 Å². The van der Waals surface area contributed by atoms with Crippen molar-refractivity contribution in [2.24, 2.45) is 0 Å². The average Bonchev–Trinajstić information content (AvgIpc) is 3.41. The van der Waals surface area contributed by atoms with Crippen LogP contribution in [0.5, 0.6) is 17.2 Å². The highest BCUT2D eigenvalue weighted by molar-refractivity contribution is 6.22. The standard InChI is InChI=1S/C28H23N3O5/c1-34-18-6-4-5-16(13-18)26-25-20(19-7-2-3-8-21(19)29-25)15-22-27(32)30(28(33)31(22)26)17-9-10-23-24(14-17)36-12-11-35-23/h2-10,13-14,22,26,29H,11-12,15H2,1H3/t22-,26+/m0/s1. The number of H-pyrrole nitrogens is 1. The molecule has 0 unspecified atom stereocenters. The van der Waals surface area contributed by atoms with Gasteiger partial charge in [-0.15, -0.1) is 0 Å². The van der Waals surface area contributed by atoms with Gasteiger partial charge in [0.1, 0.15) is 31.0 Å². The Morgan fingerprint density at radius 2 is 1.78 bits per heavy atom. The normalized spacial score (nSPS) is 20.5. The van der Waals surface area contributed by atoms with Crippen molar-refractivity contribution in [2.75, 3.05) is 25.2 Å². The SMILES string of the molecule is COc1cccc([C@@H]2c3[nH]c4ccccc4c3C[C@H]3C(=O)N(c4ccc5c(c4)OCCO5)C(=O)N23)c1. The lowest BCUT2D eigenvalue weighted by molar-refractivity contribution is -0.120. The molecule has 3 aliphatic heterocycles. The number of carbonyl (C=O) groups is 2. The summed E-state index contributed by atoms with van der Waals surface area (Å²) in [5.74, 6) is 1.58. The largest absolute Gasteiger partial charge is 0.497 e. The van der Waals surface area contributed by atoms with Crippen LogP contribution in [0.4, 0.5) is 10.5 Å². The van der Waals surface area contributed by atoms with E-state index in [1.165, 1.54) is 4.90 Å². The first-order valence-corrected chi connectivity index (χ1v) is 11.9. The van der Waals surface area contributed by atoms with Crippen LogP contribution in [-0.4, -0.2) is 48.2 Å². The van der Waals surface area contributed by atoms with Gasteiger partial charge in [0.15, 0.2) is 11.5 Å². The number of nitrogens with one attached hydrogen (secondary N) is 1. The van der Waals surface area contributed by atoms with E-state index in [2.05, 4.69) is 11.1 Å². The van der Waals surface area contributed by atoms with Crippen molar-refractivity contribution >= 4 is 28.5 Å². The number of methoxy groups -OCH3 is 1. The fourth-order valence-electron chi connectivity index (χ4n) is 5.64. The molecule has 36 heavy (non-hydrogen) atoms. The van der Waals surface area contributed by atoms with Gasteiger partial charge in [0.2, 0.25) is 0 Å². The fraction of sp³-hybridized carbons (Fsp3) is 0.214. The van der Waals surface area contributed by atoms with Gasteiger partial charge < -0.3 is 19.2 Å². The summed E-state index contributed by atoms with van der Waals surface area (Å²) in [6.07, 6.45) is 0.436. The van der Waals surface area contributed by atoms with E-state index in [-0.39, 0.29) is 11.9 Å². The number of para-hydroxylation sites is 1. The van der Waals surface area contributed by atoms with Gasteiger partial charge in [-0.1, -0.05) is 30.3 Å². The molecule has 1 saturated heterocycles. The first kappa shape index (κ1) is 20.9. The number of amides is 3. The van der Waals surface area contributed by atoms with Crippen molar-refractivity contribution in [3.63, 3.8) is 0 Å². The lowest BCUT2D eigenvalue weighted by atomic mass is 9.89. The van der Waals surface area contributed by atoms with Gasteiger partial charge in [-0.3, -0.25) is 9.69 Å². The third kappa shape index (κ3) is 2.94. The molecular weight excluding hydrogens is 458 g/mol. The molecule has 0 spiro atoms. The minimum absolute atomic E-state index is 0.250. The molecule has 0 radical (unpaired) electrons. The molecule has 0 bridgehead atoms. The third-order valence-corrected chi connectivity index (χ3v) is 7.24. The van der Waals surface area contributed by atoms with Crippen LogP contribution in [0.2, 0.25) is 0 Å². The molecule has 4 heterocycles. The zero-order valence-electron chi connectivity index (χ0n) is 19.6. The summed E-state index contributed by atoms with van der Waals surface area (Å²) in [4.78, 5) is 34.4. The van der Waals surface area contributed by atoms with Gasteiger partial charge in [0.05, 0.1) is 12.8 Å². The first-order valence-electron chi connectivity index (χ1n) is 11.9. The summed E-state index contributed by atoms with van der Waals surface area (Å²) in [6, 6.07) is 19.4. The number of rotatable bonds is 3. The van der Waals surface area contributed by atoms with Crippen LogP contribution in [0.15, 0.2) is 66.7 Å². The summed E-state index contributed by atoms with van der Waals surface area (Å²) < 4.78 is 16.8. The second kappa shape index (κ2) is 7.78. The van der Waals surface area contributed by atoms with E-state index in [1.807, 2.05) is 42.5 Å². The second-order valence-electron chi connectivity index (χ2n) is 9.15. The molecule has 1 N–H and O–H groups in total. The van der Waals surface area contributed by atoms with Gasteiger partial charge in [-0.2, -0.15) is 0 Å². The molecule has 1 fully saturated rings. The highest BCUT2D eigenvalue weighted by Gasteiger charge is 2.53. The van der Waals surface area contributed by atoms with Crippen LogP contribution in [0.3, 0.4) is 0 Å². The Kier molecular flexibility index (Phi) is 4.51. The minimum atomic E-state index is -0.631. The molecule has 0 aliphatic carbocycles. The number of anilines is 1. The molecule has 0 saturated carbocycles. The Hall–Kier alpha value is -4.46. The van der Waals surface area contributed by atoms with Gasteiger partial charge in [0, 0.05) is 29.1 Å². The molecule has 180 valence electrons. The van der Waals surface area contributed by atoms with Crippen molar-refractivity contribution in [1.29, 1.82) is 0 Å². The van der Waals surface area contributed by atoms with Gasteiger partial charge in [-0.25, -0.2) is 9.69 Å². The van der Waals surface area contributed by atoms with Gasteiger partial charge >= 0.3 is 6.03 Å². The summed E-state index contributed by atoms with van der Waals surface area (Å²) >= 11 is 0. The Morgan fingerprint density at radius 3 is 2.64 bits per heavy atom. The van der Waals surface area contributed by atoms with Crippen LogP contribution >= 0.6 is 0 Å². The molecule has 1 aromatic heterocycles. The lowest BCUT2D eigenvalue weighted by Crippen LogP contribution is -2.44. The zero-order valence-corrected chi connectivity index (χ0v) is 19.6. The second-order valence-corrected chi connectivity index (χ2v) is 9.15. The Labute approximate surface area is 207 Å². The maximum absolute atomic E-state index is 14.0. The maximum atomic E-state index is 14.0. The van der Waals surface area contributed by atoms with Gasteiger partial charge in [-0.05, 0) is 41.5 Å². The monoisotopic (exact) mass is 481 g/mol. The average molecular weight is 482 g/mol. The van der Waals surface area contributed by atoms with E-state index in [4.69, 9.17) is 14.2 Å². The van der Waals surface area contributed by atoms with Crippen molar-refractivity contribution < 1.29 is 23.8 Å². The quantitative estimate of drug-likeness (QED) is 0.438. The topological polar surface area (TPSA) is 84.1 Å². The number of ether oxygens (including phenoxy) is 3. The van der Waals surface area contributed by atoms with Crippen LogP contribution in [0, 0.1) is 0 Å². The minimum Gasteiger partial charge on any atom is -0.497 e. The van der Waals surface area contributed by atoms with E-state index in [9.17, 15) is 9.59 Å². The number of urea groups is 1. The molecule has 8 heteroatoms. The lowest BCUT2D eigenvalue weighted by Gasteiger charge is -2.36. The number of imide groups is 1. The number of carbonyl (C=O) groups excluding carboxylic acids is 2. The Bertz CT molecular complexity index is 1540. The highest BCUT2D eigenvalue weighted by atomic mass is 16.6. The summed E-state index contributed by atoms with van der Waals surface area (Å²) in [6.45, 7) is 0.893. The van der Waals surface area contributed by atoms with Crippen LogP contribution in [0.1, 0.15) is 22.9 Å². The van der Waals surface area contributed by atoms with E-state index >= 15 is 0 Å². The predicted molar refractivity (Wildman–Crippen MR) is 133 cm³/mol. The maximum Gasteiger partial charge on any atom is 0.332 e. The molecule has 7 rings (SSSR count). The summed E-state index contributed by atoms with van der Waals surface area (Å²) in [7, 11) is 1.62. The molecule has 2 atom stereocenters. The number of benzene rings is 3. The smallest absolute Gasteiger partial charge is 0.332 e. The molecule has 3 aliphatic rings. The predicted octanol–water partition coefficient (Wildman–Crippen LogP) is 4.43. The summed E-state index contributed by atoms with van der Waals surface area (Å²) in [5.41, 5.74) is 4.31. The molecule has 3 aromatic carbocycles. The first-order chi connectivity index (χ1) is 17.6. The number of hydrogen-bond donors (Lipinski definition) is 1. The number of nitrogens with zero attached hydrogens (tertiary/aromatic N) is 2. The fourth-order valence-corrected chi connectivity index (χ4v) is 5.64. The number of hydrogen-bond acceptors (Lipinski definition) is 5. The van der Waals surface area contributed by atoms with Crippen LogP contribution < -0.4 is 19.1 Å². The zero-order chi connectivity index (χ0) is 24.4. The van der Waals surface area contributed by atoms with E-state index in [0.717, 1.165) is 27.7 Å². The molecule has 3 amide bonds. The number of fused-ring (bicyclic) bond motifs is 5.